The number of amides is 1. The third kappa shape index (κ3) is 4.09. The van der Waals surface area contributed by atoms with Crippen molar-refractivity contribution >= 4 is 34.1 Å². The first-order valence-electron chi connectivity index (χ1n) is 11.7. The topological polar surface area (TPSA) is 78.3 Å². The van der Waals surface area contributed by atoms with E-state index in [9.17, 15) is 9.18 Å². The van der Waals surface area contributed by atoms with E-state index in [2.05, 4.69) is 27.3 Å². The molecule has 0 bridgehead atoms. The van der Waals surface area contributed by atoms with Gasteiger partial charge in [0.05, 0.1) is 36.7 Å². The van der Waals surface area contributed by atoms with Gasteiger partial charge in [-0.25, -0.2) is 9.37 Å². The second kappa shape index (κ2) is 8.83. The van der Waals surface area contributed by atoms with Crippen LogP contribution in [-0.4, -0.2) is 53.8 Å². The number of benzene rings is 1. The number of piperidine rings is 1. The fourth-order valence-electron chi connectivity index (χ4n) is 5.38. The molecule has 3 heterocycles. The van der Waals surface area contributed by atoms with E-state index in [1.165, 1.54) is 0 Å². The Labute approximate surface area is 198 Å². The standard InChI is InChI=1S/C25H28ClFN4O2/c1-25(14-33-13-22(25)27)31-6-4-15(5-7-31)20-8-17-10-23(29-12-18(17)9-21(20)26)30-24(32)19-3-2-16(19)11-28/h8-10,12,15-16,19,22H,2-7,13-14H2,1H3,(H,29,30,32)/t16-,19+,22-,25+/m1/s1. The van der Waals surface area contributed by atoms with E-state index in [0.29, 0.717) is 23.4 Å². The van der Waals surface area contributed by atoms with Crippen LogP contribution in [0.25, 0.3) is 10.8 Å². The third-order valence-electron chi connectivity index (χ3n) is 7.86. The number of carbonyl (C=O) groups is 1. The Kier molecular flexibility index (Phi) is 6.02. The molecular formula is C25H28ClFN4O2. The lowest BCUT2D eigenvalue weighted by Gasteiger charge is -2.43. The van der Waals surface area contributed by atoms with Crippen LogP contribution < -0.4 is 5.32 Å². The average Bonchev–Trinajstić information content (AvgIpc) is 3.12. The first kappa shape index (κ1) is 22.5. The molecule has 3 fully saturated rings. The highest BCUT2D eigenvalue weighted by Gasteiger charge is 2.46. The summed E-state index contributed by atoms with van der Waals surface area (Å²) in [5.41, 5.74) is 0.544. The van der Waals surface area contributed by atoms with Crippen LogP contribution in [0.15, 0.2) is 24.4 Å². The zero-order chi connectivity index (χ0) is 23.2. The van der Waals surface area contributed by atoms with Crippen molar-refractivity contribution < 1.29 is 13.9 Å². The van der Waals surface area contributed by atoms with E-state index in [-0.39, 0.29) is 24.3 Å². The number of aromatic nitrogens is 1. The molecule has 2 aromatic rings. The number of rotatable bonds is 4. The van der Waals surface area contributed by atoms with E-state index in [1.54, 1.807) is 6.20 Å². The minimum Gasteiger partial charge on any atom is -0.376 e. The molecule has 0 unspecified atom stereocenters. The molecule has 1 aromatic heterocycles. The molecule has 0 spiro atoms. The molecule has 5 rings (SSSR count). The summed E-state index contributed by atoms with van der Waals surface area (Å²) in [6.45, 7) is 4.18. The summed E-state index contributed by atoms with van der Waals surface area (Å²) in [4.78, 5) is 19.1. The number of fused-ring (bicyclic) bond motifs is 1. The van der Waals surface area contributed by atoms with Crippen LogP contribution in [-0.2, 0) is 9.53 Å². The molecule has 1 saturated carbocycles. The van der Waals surface area contributed by atoms with Gasteiger partial charge in [0.15, 0.2) is 0 Å². The van der Waals surface area contributed by atoms with Crippen molar-refractivity contribution in [3.63, 3.8) is 0 Å². The lowest BCUT2D eigenvalue weighted by Crippen LogP contribution is -2.55. The largest absolute Gasteiger partial charge is 0.376 e. The molecule has 1 aliphatic carbocycles. The summed E-state index contributed by atoms with van der Waals surface area (Å²) < 4.78 is 19.8. The van der Waals surface area contributed by atoms with Crippen LogP contribution in [0.5, 0.6) is 0 Å². The van der Waals surface area contributed by atoms with E-state index >= 15 is 0 Å². The molecule has 3 aliphatic rings. The second-order valence-electron chi connectivity index (χ2n) is 9.80. The second-order valence-corrected chi connectivity index (χ2v) is 10.2. The summed E-state index contributed by atoms with van der Waals surface area (Å²) in [6.07, 6.45) is 4.08. The number of anilines is 1. The highest BCUT2D eigenvalue weighted by Crippen LogP contribution is 2.39. The van der Waals surface area contributed by atoms with E-state index in [4.69, 9.17) is 21.6 Å². The molecule has 1 aromatic carbocycles. The molecule has 2 aliphatic heterocycles. The lowest BCUT2D eigenvalue weighted by atomic mass is 9.74. The first-order valence-corrected chi connectivity index (χ1v) is 12.0. The molecule has 4 atom stereocenters. The minimum absolute atomic E-state index is 0.142. The van der Waals surface area contributed by atoms with Crippen molar-refractivity contribution in [1.29, 1.82) is 5.26 Å². The molecule has 6 nitrogen and oxygen atoms in total. The highest BCUT2D eigenvalue weighted by atomic mass is 35.5. The molecule has 1 N–H and O–H groups in total. The molecule has 1 amide bonds. The van der Waals surface area contributed by atoms with Crippen LogP contribution >= 0.6 is 11.6 Å². The maximum absolute atomic E-state index is 14.4. The van der Waals surface area contributed by atoms with Crippen molar-refractivity contribution in [3.8, 4) is 6.07 Å². The Bertz CT molecular complexity index is 1110. The Balaban J connectivity index is 1.31. The maximum atomic E-state index is 14.4. The number of ether oxygens (including phenoxy) is 1. The first-order chi connectivity index (χ1) is 15.9. The Morgan fingerprint density at radius 3 is 2.70 bits per heavy atom. The quantitative estimate of drug-likeness (QED) is 0.701. The molecular weight excluding hydrogens is 443 g/mol. The zero-order valence-corrected chi connectivity index (χ0v) is 19.4. The molecule has 2 saturated heterocycles. The number of pyridine rings is 1. The molecule has 174 valence electrons. The Hall–Kier alpha value is -2.27. The predicted octanol–water partition coefficient (Wildman–Crippen LogP) is 4.68. The fraction of sp³-hybridized carbons (Fsp3) is 0.560. The number of alkyl halides is 1. The number of hydrogen-bond donors (Lipinski definition) is 1. The van der Waals surface area contributed by atoms with Crippen LogP contribution in [0.3, 0.4) is 0 Å². The van der Waals surface area contributed by atoms with Crippen LogP contribution in [0.4, 0.5) is 10.2 Å². The van der Waals surface area contributed by atoms with Crippen molar-refractivity contribution in [1.82, 2.24) is 9.88 Å². The minimum atomic E-state index is -0.956. The summed E-state index contributed by atoms with van der Waals surface area (Å²) in [7, 11) is 0. The van der Waals surface area contributed by atoms with Gasteiger partial charge in [0.25, 0.3) is 0 Å². The molecule has 0 radical (unpaired) electrons. The number of nitriles is 1. The van der Waals surface area contributed by atoms with Gasteiger partial charge in [-0.1, -0.05) is 11.6 Å². The normalized spacial score (nSPS) is 30.7. The van der Waals surface area contributed by atoms with Gasteiger partial charge in [-0.15, -0.1) is 0 Å². The van der Waals surface area contributed by atoms with Gasteiger partial charge in [-0.2, -0.15) is 5.26 Å². The number of nitrogens with zero attached hydrogens (tertiary/aromatic N) is 3. The van der Waals surface area contributed by atoms with Crippen molar-refractivity contribution in [2.45, 2.75) is 50.2 Å². The molecule has 8 heteroatoms. The highest BCUT2D eigenvalue weighted by molar-refractivity contribution is 6.32. The number of hydrogen-bond acceptors (Lipinski definition) is 5. The van der Waals surface area contributed by atoms with Crippen molar-refractivity contribution in [2.24, 2.45) is 11.8 Å². The number of likely N-dealkylation sites (tertiary alicyclic amines) is 1. The summed E-state index contributed by atoms with van der Waals surface area (Å²) in [5.74, 6) is 0.181. The van der Waals surface area contributed by atoms with Gasteiger partial charge in [0, 0.05) is 16.6 Å². The van der Waals surface area contributed by atoms with Gasteiger partial charge in [-0.3, -0.25) is 9.69 Å². The van der Waals surface area contributed by atoms with Gasteiger partial charge in [-0.05, 0) is 80.8 Å². The summed E-state index contributed by atoms with van der Waals surface area (Å²) in [6, 6.07) is 8.09. The maximum Gasteiger partial charge on any atom is 0.229 e. The summed E-state index contributed by atoms with van der Waals surface area (Å²) in [5, 5.41) is 14.6. The lowest BCUT2D eigenvalue weighted by molar-refractivity contribution is -0.123. The van der Waals surface area contributed by atoms with Gasteiger partial charge in [0.1, 0.15) is 12.0 Å². The average molecular weight is 471 g/mol. The van der Waals surface area contributed by atoms with E-state index in [1.807, 2.05) is 19.1 Å². The molecule has 33 heavy (non-hydrogen) atoms. The number of carbonyl (C=O) groups excluding carboxylic acids is 1. The van der Waals surface area contributed by atoms with Gasteiger partial charge >= 0.3 is 0 Å². The van der Waals surface area contributed by atoms with Gasteiger partial charge < -0.3 is 10.1 Å². The number of nitrogens with one attached hydrogen (secondary N) is 1. The number of halogens is 2. The van der Waals surface area contributed by atoms with Crippen molar-refractivity contribution in [3.05, 3.63) is 35.0 Å². The summed E-state index contributed by atoms with van der Waals surface area (Å²) >= 11 is 6.65. The van der Waals surface area contributed by atoms with E-state index < -0.39 is 11.7 Å². The smallest absolute Gasteiger partial charge is 0.229 e. The van der Waals surface area contributed by atoms with Gasteiger partial charge in [0.2, 0.25) is 5.91 Å². The SMILES string of the molecule is C[C@]1(N2CCC(c3cc4cc(NC(=O)[C@H]5CC[C@@H]5C#N)ncc4cc3Cl)CC2)COC[C@H]1F. The monoisotopic (exact) mass is 470 g/mol. The van der Waals surface area contributed by atoms with Crippen LogP contribution in [0, 0.1) is 23.2 Å². The fourth-order valence-corrected chi connectivity index (χ4v) is 5.71. The third-order valence-corrected chi connectivity index (χ3v) is 8.18. The van der Waals surface area contributed by atoms with E-state index in [0.717, 1.165) is 55.1 Å². The predicted molar refractivity (Wildman–Crippen MR) is 125 cm³/mol. The van der Waals surface area contributed by atoms with Crippen LogP contribution in [0.1, 0.15) is 44.1 Å². The Morgan fingerprint density at radius 1 is 1.27 bits per heavy atom. The zero-order valence-electron chi connectivity index (χ0n) is 18.7. The van der Waals surface area contributed by atoms with Crippen molar-refractivity contribution in [2.75, 3.05) is 31.6 Å². The Morgan fingerprint density at radius 2 is 2.06 bits per heavy atom. The van der Waals surface area contributed by atoms with Crippen LogP contribution in [0.2, 0.25) is 5.02 Å².